The Bertz CT molecular complexity index is 2130. The topological polar surface area (TPSA) is 192 Å². The van der Waals surface area contributed by atoms with Gasteiger partial charge in [0.05, 0.1) is 11.8 Å². The third kappa shape index (κ3) is 6.92. The predicted molar refractivity (Wildman–Crippen MR) is 198 cm³/mol. The number of H-pyrrole nitrogens is 1. The molecule has 15 heteroatoms. The lowest BCUT2D eigenvalue weighted by atomic mass is 10.0. The molecule has 2 saturated carbocycles. The number of nitrogens with zero attached hydrogens (tertiary/aromatic N) is 3. The fourth-order valence-corrected chi connectivity index (χ4v) is 9.19. The molecule has 3 heterocycles. The largest absolute Gasteiger partial charge is 0.390 e. The second kappa shape index (κ2) is 14.2. The number of amides is 4. The molecule has 0 radical (unpaired) electrons. The van der Waals surface area contributed by atoms with Crippen LogP contribution in [0.5, 0.6) is 0 Å². The maximum Gasteiger partial charge on any atom is 0.272 e. The summed E-state index contributed by atoms with van der Waals surface area (Å²) in [5.41, 5.74) is 3.82. The van der Waals surface area contributed by atoms with E-state index in [0.717, 1.165) is 35.1 Å². The molecule has 3 fully saturated rings. The number of benzene rings is 2. The molecular formula is C39H43N7O7S. The van der Waals surface area contributed by atoms with E-state index in [2.05, 4.69) is 30.7 Å². The molecule has 2 aliphatic heterocycles. The minimum atomic E-state index is -3.89. The van der Waals surface area contributed by atoms with Gasteiger partial charge >= 0.3 is 0 Å². The number of carbonyl (C=O) groups excluding carboxylic acids is 4. The van der Waals surface area contributed by atoms with Gasteiger partial charge in [0.25, 0.3) is 11.8 Å². The number of sulfonamides is 1. The van der Waals surface area contributed by atoms with Crippen LogP contribution in [0.1, 0.15) is 85.1 Å². The Morgan fingerprint density at radius 2 is 1.69 bits per heavy atom. The third-order valence-corrected chi connectivity index (χ3v) is 12.9. The van der Waals surface area contributed by atoms with Gasteiger partial charge in [-0.2, -0.15) is 5.10 Å². The molecular weight excluding hydrogens is 711 g/mol. The number of rotatable bonds is 7. The highest BCUT2D eigenvalue weighted by Crippen LogP contribution is 2.46. The molecule has 5 aliphatic rings. The molecule has 14 nitrogen and oxygen atoms in total. The summed E-state index contributed by atoms with van der Waals surface area (Å²) in [6.07, 6.45) is 7.57. The SMILES string of the molecule is Cc1cc(C(=O)N[C@H]2CCCCC/C=C\C3CC3(C(=O)NS(=O)(=O)C3CC3)NC(=O)[C@@H]3C[C@@H](ON=C4c5ccccc5-c5ccccc54)CN3C2=O)n[nH]1. The summed E-state index contributed by atoms with van der Waals surface area (Å²) in [6, 6.07) is 15.3. The van der Waals surface area contributed by atoms with Crippen LogP contribution in [0.15, 0.2) is 71.9 Å². The van der Waals surface area contributed by atoms with Crippen LogP contribution in [0.2, 0.25) is 0 Å². The third-order valence-electron chi connectivity index (χ3n) is 11.0. The summed E-state index contributed by atoms with van der Waals surface area (Å²) >= 11 is 0. The molecule has 4 amide bonds. The number of aromatic amines is 1. The second-order valence-electron chi connectivity index (χ2n) is 15.0. The monoisotopic (exact) mass is 753 g/mol. The van der Waals surface area contributed by atoms with Gasteiger partial charge in [0.1, 0.15) is 35.1 Å². The van der Waals surface area contributed by atoms with Gasteiger partial charge in [-0.05, 0) is 62.6 Å². The van der Waals surface area contributed by atoms with Crippen molar-refractivity contribution in [1.29, 1.82) is 0 Å². The lowest BCUT2D eigenvalue weighted by Crippen LogP contribution is -2.58. The van der Waals surface area contributed by atoms with E-state index < -0.39 is 68.5 Å². The zero-order valence-corrected chi connectivity index (χ0v) is 30.7. The summed E-state index contributed by atoms with van der Waals surface area (Å²) in [4.78, 5) is 63.5. The van der Waals surface area contributed by atoms with Crippen LogP contribution >= 0.6 is 0 Å². The highest BCUT2D eigenvalue weighted by molar-refractivity contribution is 7.91. The zero-order chi connectivity index (χ0) is 37.6. The number of aryl methyl sites for hydroxylation is 1. The number of hydrogen-bond acceptors (Lipinski definition) is 9. The van der Waals surface area contributed by atoms with Crippen LogP contribution in [0.4, 0.5) is 0 Å². The van der Waals surface area contributed by atoms with Crippen molar-refractivity contribution in [2.24, 2.45) is 11.1 Å². The van der Waals surface area contributed by atoms with Gasteiger partial charge in [0, 0.05) is 29.2 Å². The van der Waals surface area contributed by atoms with Crippen LogP contribution in [-0.2, 0) is 29.2 Å². The van der Waals surface area contributed by atoms with Crippen molar-refractivity contribution < 1.29 is 32.4 Å². The number of nitrogens with one attached hydrogen (secondary N) is 4. The molecule has 0 spiro atoms. The van der Waals surface area contributed by atoms with E-state index in [-0.39, 0.29) is 25.1 Å². The average molecular weight is 754 g/mol. The normalized spacial score (nSPS) is 27.2. The zero-order valence-electron chi connectivity index (χ0n) is 29.9. The van der Waals surface area contributed by atoms with Crippen LogP contribution in [0.3, 0.4) is 0 Å². The molecule has 5 atom stereocenters. The van der Waals surface area contributed by atoms with E-state index in [1.807, 2.05) is 60.7 Å². The first-order chi connectivity index (χ1) is 26.0. The molecule has 54 heavy (non-hydrogen) atoms. The molecule has 0 bridgehead atoms. The molecule has 282 valence electrons. The van der Waals surface area contributed by atoms with Crippen molar-refractivity contribution in [3.8, 4) is 11.1 Å². The van der Waals surface area contributed by atoms with E-state index in [1.54, 1.807) is 13.0 Å². The van der Waals surface area contributed by atoms with Gasteiger partial charge in [-0.15, -0.1) is 0 Å². The fourth-order valence-electron chi connectivity index (χ4n) is 7.82. The molecule has 3 aliphatic carbocycles. The highest BCUT2D eigenvalue weighted by atomic mass is 32.2. The minimum Gasteiger partial charge on any atom is -0.390 e. The van der Waals surface area contributed by atoms with Gasteiger partial charge in [0.2, 0.25) is 21.8 Å². The van der Waals surface area contributed by atoms with E-state index in [0.29, 0.717) is 43.5 Å². The van der Waals surface area contributed by atoms with Gasteiger partial charge < -0.3 is 20.4 Å². The number of fused-ring (bicyclic) bond motifs is 5. The molecule has 2 aromatic carbocycles. The van der Waals surface area contributed by atoms with E-state index in [9.17, 15) is 27.6 Å². The summed E-state index contributed by atoms with van der Waals surface area (Å²) in [5, 5.41) is 16.5. The highest BCUT2D eigenvalue weighted by Gasteiger charge is 2.62. The fraction of sp³-hybridized carbons (Fsp3) is 0.436. The van der Waals surface area contributed by atoms with Gasteiger partial charge in [-0.1, -0.05) is 78.7 Å². The smallest absolute Gasteiger partial charge is 0.272 e. The molecule has 3 aromatic rings. The Hall–Kier alpha value is -5.31. The summed E-state index contributed by atoms with van der Waals surface area (Å²) in [7, 11) is -3.89. The molecule has 4 N–H and O–H groups in total. The van der Waals surface area contributed by atoms with Crippen molar-refractivity contribution in [2.75, 3.05) is 6.54 Å². The molecule has 1 aromatic heterocycles. The van der Waals surface area contributed by atoms with E-state index in [1.165, 1.54) is 4.90 Å². The summed E-state index contributed by atoms with van der Waals surface area (Å²) < 4.78 is 27.9. The lowest BCUT2D eigenvalue weighted by Gasteiger charge is -2.29. The first kappa shape index (κ1) is 35.7. The quantitative estimate of drug-likeness (QED) is 0.163. The minimum absolute atomic E-state index is 0.0105. The molecule has 8 rings (SSSR count). The summed E-state index contributed by atoms with van der Waals surface area (Å²) in [6.45, 7) is 1.76. The number of allylic oxidation sites excluding steroid dienone is 1. The second-order valence-corrected chi connectivity index (χ2v) is 16.9. The number of oxime groups is 1. The Kier molecular flexibility index (Phi) is 9.36. The standard InChI is InChI=1S/C39H43N7O7S/c1-23-19-32(43-42-23)35(47)40-31-16-6-4-2-3-5-11-24-21-39(24,38(50)45-54(51,52)26-17-18-26)41-36(48)33-20-25(22-46(33)37(31)49)53-44-34-29-14-9-7-12-27(29)28-13-8-10-15-30(28)34/h5,7-15,19,24-26,31,33H,2-4,6,16-18,20-22H2,1H3,(H,40,47)(H,41,48)(H,42,43)(H,45,50)/b11-5-/t24?,25-,31+,33+,39?/m1/s1. The van der Waals surface area contributed by atoms with Crippen LogP contribution in [0, 0.1) is 12.8 Å². The summed E-state index contributed by atoms with van der Waals surface area (Å²) in [5.74, 6) is -2.81. The number of hydrogen-bond donors (Lipinski definition) is 4. The van der Waals surface area contributed by atoms with E-state index >= 15 is 0 Å². The lowest BCUT2D eigenvalue weighted by molar-refractivity contribution is -0.141. The van der Waals surface area contributed by atoms with Crippen molar-refractivity contribution in [2.45, 2.75) is 93.7 Å². The van der Waals surface area contributed by atoms with Crippen molar-refractivity contribution in [3.63, 3.8) is 0 Å². The molecule has 2 unspecified atom stereocenters. The van der Waals surface area contributed by atoms with Crippen LogP contribution in [0.25, 0.3) is 11.1 Å². The van der Waals surface area contributed by atoms with Crippen molar-refractivity contribution >= 4 is 39.4 Å². The first-order valence-corrected chi connectivity index (χ1v) is 20.2. The Balaban J connectivity index is 1.10. The number of carbonyl (C=O) groups is 4. The Labute approximate surface area is 313 Å². The van der Waals surface area contributed by atoms with Crippen LogP contribution < -0.4 is 15.4 Å². The first-order valence-electron chi connectivity index (χ1n) is 18.6. The van der Waals surface area contributed by atoms with Crippen LogP contribution in [-0.4, -0.2) is 88.4 Å². The molecule has 1 saturated heterocycles. The Morgan fingerprint density at radius 3 is 2.35 bits per heavy atom. The van der Waals surface area contributed by atoms with Crippen molar-refractivity contribution in [3.05, 3.63) is 89.3 Å². The van der Waals surface area contributed by atoms with Crippen molar-refractivity contribution in [1.82, 2.24) is 30.5 Å². The maximum absolute atomic E-state index is 14.5. The predicted octanol–water partition coefficient (Wildman–Crippen LogP) is 3.24. The maximum atomic E-state index is 14.5. The average Bonchev–Trinajstić information content (AvgIpc) is 4.01. The van der Waals surface area contributed by atoms with Gasteiger partial charge in [0.15, 0.2) is 0 Å². The number of aromatic nitrogens is 2. The van der Waals surface area contributed by atoms with E-state index in [4.69, 9.17) is 4.84 Å². The van der Waals surface area contributed by atoms with Gasteiger partial charge in [-0.25, -0.2) is 8.42 Å². The van der Waals surface area contributed by atoms with Gasteiger partial charge in [-0.3, -0.25) is 29.0 Å². The Morgan fingerprint density at radius 1 is 0.981 bits per heavy atom.